The molecule has 16 heavy (non-hydrogen) atoms. The summed E-state index contributed by atoms with van der Waals surface area (Å²) in [5.41, 5.74) is 0. The maximum Gasteiger partial charge on any atom is 0.251 e. The van der Waals surface area contributed by atoms with E-state index in [1.165, 1.54) is 0 Å². The third-order valence-corrected chi connectivity index (χ3v) is 3.66. The molecule has 2 aliphatic rings. The summed E-state index contributed by atoms with van der Waals surface area (Å²) in [6.45, 7) is 4.03. The highest BCUT2D eigenvalue weighted by molar-refractivity contribution is 5.81. The topological polar surface area (TPSA) is 49.8 Å². The van der Waals surface area contributed by atoms with Gasteiger partial charge in [0.1, 0.15) is 6.10 Å². The SMILES string of the molecule is CC(O)C1CCCN(C(=O)C2CCCO2)C1. The van der Waals surface area contributed by atoms with Crippen LogP contribution in [0.25, 0.3) is 0 Å². The van der Waals surface area contributed by atoms with Crippen LogP contribution in [0.15, 0.2) is 0 Å². The van der Waals surface area contributed by atoms with Crippen LogP contribution in [0.5, 0.6) is 0 Å². The van der Waals surface area contributed by atoms with Crippen LogP contribution in [0.4, 0.5) is 0 Å². The number of aliphatic hydroxyl groups excluding tert-OH is 1. The number of likely N-dealkylation sites (tertiary alicyclic amines) is 1. The second-order valence-corrected chi connectivity index (χ2v) is 4.93. The zero-order valence-electron chi connectivity index (χ0n) is 9.89. The van der Waals surface area contributed by atoms with Crippen LogP contribution in [-0.2, 0) is 9.53 Å². The molecule has 2 rings (SSSR count). The van der Waals surface area contributed by atoms with Crippen molar-refractivity contribution < 1.29 is 14.6 Å². The Morgan fingerprint density at radius 2 is 2.25 bits per heavy atom. The van der Waals surface area contributed by atoms with Gasteiger partial charge in [-0.2, -0.15) is 0 Å². The maximum atomic E-state index is 12.1. The van der Waals surface area contributed by atoms with Gasteiger partial charge in [-0.1, -0.05) is 0 Å². The molecule has 2 aliphatic heterocycles. The molecule has 2 heterocycles. The van der Waals surface area contributed by atoms with E-state index in [1.807, 2.05) is 11.8 Å². The average Bonchev–Trinajstić information content (AvgIpc) is 2.81. The molecule has 3 unspecified atom stereocenters. The number of carbonyl (C=O) groups is 1. The van der Waals surface area contributed by atoms with Gasteiger partial charge in [-0.15, -0.1) is 0 Å². The van der Waals surface area contributed by atoms with E-state index in [0.29, 0.717) is 13.2 Å². The predicted octanol–water partition coefficient (Wildman–Crippen LogP) is 0.785. The Morgan fingerprint density at radius 3 is 2.88 bits per heavy atom. The first-order valence-corrected chi connectivity index (χ1v) is 6.27. The number of amides is 1. The summed E-state index contributed by atoms with van der Waals surface area (Å²) < 4.78 is 5.41. The van der Waals surface area contributed by atoms with E-state index in [2.05, 4.69) is 0 Å². The van der Waals surface area contributed by atoms with E-state index < -0.39 is 0 Å². The van der Waals surface area contributed by atoms with Crippen molar-refractivity contribution in [2.24, 2.45) is 5.92 Å². The highest BCUT2D eigenvalue weighted by Gasteiger charge is 2.32. The first-order chi connectivity index (χ1) is 7.68. The van der Waals surface area contributed by atoms with Crippen molar-refractivity contribution in [1.82, 2.24) is 4.90 Å². The highest BCUT2D eigenvalue weighted by Crippen LogP contribution is 2.22. The number of ether oxygens (including phenoxy) is 1. The number of nitrogens with zero attached hydrogens (tertiary/aromatic N) is 1. The molecule has 92 valence electrons. The Balaban J connectivity index is 1.90. The quantitative estimate of drug-likeness (QED) is 0.758. The highest BCUT2D eigenvalue weighted by atomic mass is 16.5. The zero-order valence-corrected chi connectivity index (χ0v) is 9.89. The van der Waals surface area contributed by atoms with E-state index in [0.717, 1.165) is 32.2 Å². The summed E-state index contributed by atoms with van der Waals surface area (Å²) in [4.78, 5) is 14.0. The molecule has 0 aromatic carbocycles. The molecule has 1 amide bonds. The first kappa shape index (κ1) is 11.9. The standard InChI is InChI=1S/C12H21NO3/c1-9(14)10-4-2-6-13(8-10)12(15)11-5-3-7-16-11/h9-11,14H,2-8H2,1H3. The van der Waals surface area contributed by atoms with Crippen molar-refractivity contribution in [3.8, 4) is 0 Å². The van der Waals surface area contributed by atoms with Crippen molar-refractivity contribution in [3.63, 3.8) is 0 Å². The van der Waals surface area contributed by atoms with Crippen LogP contribution < -0.4 is 0 Å². The van der Waals surface area contributed by atoms with Gasteiger partial charge in [0.2, 0.25) is 0 Å². The fraction of sp³-hybridized carbons (Fsp3) is 0.917. The third kappa shape index (κ3) is 2.55. The molecule has 0 aromatic rings. The van der Waals surface area contributed by atoms with Gasteiger partial charge in [0.15, 0.2) is 0 Å². The largest absolute Gasteiger partial charge is 0.393 e. The van der Waals surface area contributed by atoms with E-state index in [4.69, 9.17) is 4.74 Å². The van der Waals surface area contributed by atoms with Crippen LogP contribution in [0, 0.1) is 5.92 Å². The molecule has 0 spiro atoms. The van der Waals surface area contributed by atoms with Crippen molar-refractivity contribution in [3.05, 3.63) is 0 Å². The van der Waals surface area contributed by atoms with Gasteiger partial charge in [-0.3, -0.25) is 4.79 Å². The maximum absolute atomic E-state index is 12.1. The Bertz CT molecular complexity index is 249. The number of hydrogen-bond donors (Lipinski definition) is 1. The zero-order chi connectivity index (χ0) is 11.5. The average molecular weight is 227 g/mol. The summed E-state index contributed by atoms with van der Waals surface area (Å²) in [6, 6.07) is 0. The molecule has 3 atom stereocenters. The monoisotopic (exact) mass is 227 g/mol. The molecule has 2 fully saturated rings. The Hall–Kier alpha value is -0.610. The fourth-order valence-electron chi connectivity index (χ4n) is 2.58. The van der Waals surface area contributed by atoms with Gasteiger partial charge >= 0.3 is 0 Å². The number of aliphatic hydroxyl groups is 1. The Labute approximate surface area is 96.6 Å². The molecular formula is C12H21NO3. The molecule has 0 aliphatic carbocycles. The molecule has 1 N–H and O–H groups in total. The third-order valence-electron chi connectivity index (χ3n) is 3.66. The molecule has 0 aromatic heterocycles. The van der Waals surface area contributed by atoms with E-state index in [-0.39, 0.29) is 24.0 Å². The van der Waals surface area contributed by atoms with E-state index in [1.54, 1.807) is 0 Å². The van der Waals surface area contributed by atoms with Gasteiger partial charge < -0.3 is 14.7 Å². The number of carbonyl (C=O) groups excluding carboxylic acids is 1. The van der Waals surface area contributed by atoms with Crippen molar-refractivity contribution >= 4 is 5.91 Å². The first-order valence-electron chi connectivity index (χ1n) is 6.27. The number of rotatable bonds is 2. The number of hydrogen-bond acceptors (Lipinski definition) is 3. The van der Waals surface area contributed by atoms with Crippen LogP contribution in [0.3, 0.4) is 0 Å². The summed E-state index contributed by atoms with van der Waals surface area (Å²) in [5.74, 6) is 0.363. The van der Waals surface area contributed by atoms with Crippen LogP contribution in [-0.4, -0.2) is 47.8 Å². The van der Waals surface area contributed by atoms with Crippen molar-refractivity contribution in [1.29, 1.82) is 0 Å². The lowest BCUT2D eigenvalue weighted by Gasteiger charge is -2.35. The van der Waals surface area contributed by atoms with Crippen LogP contribution >= 0.6 is 0 Å². The molecule has 4 nitrogen and oxygen atoms in total. The predicted molar refractivity (Wildman–Crippen MR) is 60.0 cm³/mol. The minimum Gasteiger partial charge on any atom is -0.393 e. The molecule has 4 heteroatoms. The van der Waals surface area contributed by atoms with Gasteiger partial charge in [0.25, 0.3) is 5.91 Å². The van der Waals surface area contributed by atoms with E-state index in [9.17, 15) is 9.90 Å². The Kier molecular flexibility index (Phi) is 3.82. The minimum atomic E-state index is -0.319. The summed E-state index contributed by atoms with van der Waals surface area (Å²) in [7, 11) is 0. The summed E-state index contributed by atoms with van der Waals surface area (Å²) >= 11 is 0. The van der Waals surface area contributed by atoms with Crippen molar-refractivity contribution in [2.45, 2.75) is 44.8 Å². The Morgan fingerprint density at radius 1 is 1.44 bits per heavy atom. The number of piperidine rings is 1. The summed E-state index contributed by atoms with van der Waals surface area (Å²) in [5, 5.41) is 9.57. The lowest BCUT2D eigenvalue weighted by Crippen LogP contribution is -2.46. The molecular weight excluding hydrogens is 206 g/mol. The molecule has 0 radical (unpaired) electrons. The van der Waals surface area contributed by atoms with Gasteiger partial charge in [-0.05, 0) is 32.6 Å². The van der Waals surface area contributed by atoms with Crippen LogP contribution in [0.2, 0.25) is 0 Å². The molecule has 2 saturated heterocycles. The second-order valence-electron chi connectivity index (χ2n) is 4.93. The van der Waals surface area contributed by atoms with Gasteiger partial charge in [0.05, 0.1) is 6.10 Å². The lowest BCUT2D eigenvalue weighted by molar-refractivity contribution is -0.143. The molecule has 0 saturated carbocycles. The van der Waals surface area contributed by atoms with Crippen LogP contribution in [0.1, 0.15) is 32.6 Å². The van der Waals surface area contributed by atoms with E-state index >= 15 is 0 Å². The normalized spacial score (nSPS) is 32.8. The van der Waals surface area contributed by atoms with Crippen molar-refractivity contribution in [2.75, 3.05) is 19.7 Å². The second kappa shape index (κ2) is 5.15. The minimum absolute atomic E-state index is 0.128. The smallest absolute Gasteiger partial charge is 0.251 e. The lowest BCUT2D eigenvalue weighted by atomic mass is 9.93. The van der Waals surface area contributed by atoms with Gasteiger partial charge in [0, 0.05) is 25.6 Å². The summed E-state index contributed by atoms with van der Waals surface area (Å²) in [6.07, 6.45) is 3.33. The van der Waals surface area contributed by atoms with Gasteiger partial charge in [-0.25, -0.2) is 0 Å². The fourth-order valence-corrected chi connectivity index (χ4v) is 2.58. The molecule has 0 bridgehead atoms.